The third kappa shape index (κ3) is 3.51. The first-order chi connectivity index (χ1) is 8.86. The molecule has 7 heteroatoms. The largest absolute Gasteiger partial charge is 0.384 e. The zero-order valence-corrected chi connectivity index (χ0v) is 11.5. The molecule has 1 aromatic rings. The van der Waals surface area contributed by atoms with Crippen LogP contribution < -0.4 is 0 Å². The average molecular weight is 268 g/mol. The molecule has 1 atom stereocenters. The normalized spacial score (nSPS) is 20.6. The summed E-state index contributed by atoms with van der Waals surface area (Å²) in [5.41, 5.74) is -0.593. The van der Waals surface area contributed by atoms with E-state index in [4.69, 9.17) is 4.74 Å². The van der Waals surface area contributed by atoms with Gasteiger partial charge < -0.3 is 14.7 Å². The van der Waals surface area contributed by atoms with Crippen LogP contribution in [0.1, 0.15) is 26.5 Å². The van der Waals surface area contributed by atoms with Crippen molar-refractivity contribution in [3.8, 4) is 0 Å². The fourth-order valence-corrected chi connectivity index (χ4v) is 1.94. The van der Waals surface area contributed by atoms with Crippen molar-refractivity contribution in [1.29, 1.82) is 0 Å². The number of hydrogen-bond acceptors (Lipinski definition) is 5. The van der Waals surface area contributed by atoms with Gasteiger partial charge in [0.2, 0.25) is 5.91 Å². The van der Waals surface area contributed by atoms with Crippen LogP contribution >= 0.6 is 0 Å². The molecular formula is C12H20N4O3. The zero-order chi connectivity index (χ0) is 14.0. The molecule has 2 heterocycles. The van der Waals surface area contributed by atoms with Gasteiger partial charge in [-0.1, -0.05) is 5.21 Å². The monoisotopic (exact) mass is 268 g/mol. The summed E-state index contributed by atoms with van der Waals surface area (Å²) in [7, 11) is 0. The molecule has 0 spiro atoms. The molecule has 0 aliphatic carbocycles. The third-order valence-corrected chi connectivity index (χ3v) is 3.06. The second-order valence-corrected chi connectivity index (χ2v) is 5.38. The highest BCUT2D eigenvalue weighted by Gasteiger charge is 2.24. The highest BCUT2D eigenvalue weighted by molar-refractivity contribution is 5.76. The molecule has 19 heavy (non-hydrogen) atoms. The van der Waals surface area contributed by atoms with Crippen LogP contribution in [0.4, 0.5) is 0 Å². The SMILES string of the molecule is CC1CN(C(=O)Cn2cc(C(C)(C)O)nn2)CCO1. The van der Waals surface area contributed by atoms with E-state index >= 15 is 0 Å². The molecule has 0 saturated carbocycles. The molecule has 1 N–H and O–H groups in total. The van der Waals surface area contributed by atoms with E-state index in [0.29, 0.717) is 25.4 Å². The van der Waals surface area contributed by atoms with Crippen LogP contribution in [0.25, 0.3) is 0 Å². The summed E-state index contributed by atoms with van der Waals surface area (Å²) >= 11 is 0. The van der Waals surface area contributed by atoms with Gasteiger partial charge in [-0.3, -0.25) is 4.79 Å². The van der Waals surface area contributed by atoms with Crippen LogP contribution in [-0.2, 0) is 21.7 Å². The van der Waals surface area contributed by atoms with Crippen LogP contribution in [0.2, 0.25) is 0 Å². The highest BCUT2D eigenvalue weighted by Crippen LogP contribution is 2.15. The molecule has 1 aliphatic heterocycles. The number of aromatic nitrogens is 3. The Hall–Kier alpha value is -1.47. The summed E-state index contributed by atoms with van der Waals surface area (Å²) in [6.45, 7) is 7.12. The molecule has 106 valence electrons. The van der Waals surface area contributed by atoms with E-state index in [9.17, 15) is 9.90 Å². The molecule has 7 nitrogen and oxygen atoms in total. The molecule has 2 rings (SSSR count). The first kappa shape index (κ1) is 14.0. The molecule has 1 fully saturated rings. The van der Waals surface area contributed by atoms with Crippen LogP contribution in [0.3, 0.4) is 0 Å². The molecule has 0 aromatic carbocycles. The summed E-state index contributed by atoms with van der Waals surface area (Å²) in [5.74, 6) is -0.0117. The molecule has 1 saturated heterocycles. The predicted octanol–water partition coefficient (Wildman–Crippen LogP) is -0.247. The van der Waals surface area contributed by atoms with Crippen molar-refractivity contribution in [1.82, 2.24) is 19.9 Å². The fraction of sp³-hybridized carbons (Fsp3) is 0.750. The number of ether oxygens (including phenoxy) is 1. The minimum absolute atomic E-state index is 0.0117. The number of carbonyl (C=O) groups excluding carboxylic acids is 1. The van der Waals surface area contributed by atoms with Crippen LogP contribution in [0.5, 0.6) is 0 Å². The molecule has 1 unspecified atom stereocenters. The summed E-state index contributed by atoms with van der Waals surface area (Å²) in [6, 6.07) is 0. The van der Waals surface area contributed by atoms with Crippen molar-refractivity contribution >= 4 is 5.91 Å². The maximum absolute atomic E-state index is 12.1. The maximum atomic E-state index is 12.1. The summed E-state index contributed by atoms with van der Waals surface area (Å²) in [5, 5.41) is 17.5. The second kappa shape index (κ2) is 5.26. The number of nitrogens with zero attached hydrogens (tertiary/aromatic N) is 4. The van der Waals surface area contributed by atoms with E-state index < -0.39 is 5.60 Å². The Balaban J connectivity index is 1.97. The zero-order valence-electron chi connectivity index (χ0n) is 11.5. The van der Waals surface area contributed by atoms with Gasteiger partial charge in [-0.15, -0.1) is 5.10 Å². The summed E-state index contributed by atoms with van der Waals surface area (Å²) in [6.07, 6.45) is 1.67. The topological polar surface area (TPSA) is 80.5 Å². The Morgan fingerprint density at radius 3 is 2.95 bits per heavy atom. The van der Waals surface area contributed by atoms with E-state index in [1.165, 1.54) is 4.68 Å². The lowest BCUT2D eigenvalue weighted by atomic mass is 10.1. The van der Waals surface area contributed by atoms with Gasteiger partial charge >= 0.3 is 0 Å². The molecule has 1 amide bonds. The van der Waals surface area contributed by atoms with Gasteiger partial charge in [-0.2, -0.15) is 0 Å². The van der Waals surface area contributed by atoms with Crippen molar-refractivity contribution in [2.75, 3.05) is 19.7 Å². The average Bonchev–Trinajstić information content (AvgIpc) is 2.77. The lowest BCUT2D eigenvalue weighted by Gasteiger charge is -2.31. The number of carbonyl (C=O) groups is 1. The maximum Gasteiger partial charge on any atom is 0.244 e. The van der Waals surface area contributed by atoms with Crippen molar-refractivity contribution < 1.29 is 14.6 Å². The second-order valence-electron chi connectivity index (χ2n) is 5.38. The Kier molecular flexibility index (Phi) is 3.86. The predicted molar refractivity (Wildman–Crippen MR) is 67.3 cm³/mol. The minimum Gasteiger partial charge on any atom is -0.384 e. The van der Waals surface area contributed by atoms with Gasteiger partial charge in [-0.25, -0.2) is 4.68 Å². The Bertz CT molecular complexity index is 452. The highest BCUT2D eigenvalue weighted by atomic mass is 16.5. The van der Waals surface area contributed by atoms with E-state index in [1.807, 2.05) is 6.92 Å². The molecule has 0 bridgehead atoms. The molecule has 1 aromatic heterocycles. The first-order valence-corrected chi connectivity index (χ1v) is 6.38. The lowest BCUT2D eigenvalue weighted by molar-refractivity contribution is -0.139. The van der Waals surface area contributed by atoms with E-state index in [-0.39, 0.29) is 18.6 Å². The van der Waals surface area contributed by atoms with Crippen LogP contribution in [0, 0.1) is 0 Å². The summed E-state index contributed by atoms with van der Waals surface area (Å²) < 4.78 is 6.85. The van der Waals surface area contributed by atoms with Crippen molar-refractivity contribution in [2.24, 2.45) is 0 Å². The van der Waals surface area contributed by atoms with Crippen LogP contribution in [0.15, 0.2) is 6.20 Å². The van der Waals surface area contributed by atoms with E-state index in [1.54, 1.807) is 24.9 Å². The number of amides is 1. The number of rotatable bonds is 3. The minimum atomic E-state index is -1.05. The van der Waals surface area contributed by atoms with Gasteiger partial charge in [0.25, 0.3) is 0 Å². The van der Waals surface area contributed by atoms with Gasteiger partial charge in [0.05, 0.1) is 18.9 Å². The van der Waals surface area contributed by atoms with E-state index in [2.05, 4.69) is 10.3 Å². The molecule has 1 aliphatic rings. The first-order valence-electron chi connectivity index (χ1n) is 6.38. The van der Waals surface area contributed by atoms with Gasteiger partial charge in [0.15, 0.2) is 0 Å². The van der Waals surface area contributed by atoms with Crippen LogP contribution in [-0.4, -0.2) is 56.7 Å². The number of morpholine rings is 1. The lowest BCUT2D eigenvalue weighted by Crippen LogP contribution is -2.45. The Labute approximate surface area is 112 Å². The molecular weight excluding hydrogens is 248 g/mol. The quantitative estimate of drug-likeness (QED) is 0.818. The Morgan fingerprint density at radius 2 is 2.37 bits per heavy atom. The molecule has 0 radical (unpaired) electrons. The van der Waals surface area contributed by atoms with Gasteiger partial charge in [-0.05, 0) is 20.8 Å². The van der Waals surface area contributed by atoms with Crippen molar-refractivity contribution in [3.63, 3.8) is 0 Å². The van der Waals surface area contributed by atoms with Gasteiger partial charge in [0.1, 0.15) is 17.8 Å². The van der Waals surface area contributed by atoms with Crippen molar-refractivity contribution in [2.45, 2.75) is 39.0 Å². The van der Waals surface area contributed by atoms with Gasteiger partial charge in [0, 0.05) is 13.1 Å². The summed E-state index contributed by atoms with van der Waals surface area (Å²) in [4.78, 5) is 13.9. The Morgan fingerprint density at radius 1 is 1.63 bits per heavy atom. The fourth-order valence-electron chi connectivity index (χ4n) is 1.94. The third-order valence-electron chi connectivity index (χ3n) is 3.06. The smallest absolute Gasteiger partial charge is 0.244 e. The van der Waals surface area contributed by atoms with E-state index in [0.717, 1.165) is 0 Å². The standard InChI is InChI=1S/C12H20N4O3/c1-9-6-15(4-5-19-9)11(17)8-16-7-10(13-14-16)12(2,3)18/h7,9,18H,4-6,8H2,1-3H3. The van der Waals surface area contributed by atoms with Crippen molar-refractivity contribution in [3.05, 3.63) is 11.9 Å². The number of aliphatic hydroxyl groups is 1. The number of hydrogen-bond donors (Lipinski definition) is 1.